The number of hydrogen-bond acceptors (Lipinski definition) is 6. The van der Waals surface area contributed by atoms with Gasteiger partial charge < -0.3 is 15.1 Å². The lowest BCUT2D eigenvalue weighted by Gasteiger charge is -2.34. The zero-order valence-corrected chi connectivity index (χ0v) is 23.9. The number of hydrogen-bond donors (Lipinski definition) is 2. The summed E-state index contributed by atoms with van der Waals surface area (Å²) in [5, 5.41) is 3.60. The third-order valence-electron chi connectivity index (χ3n) is 6.55. The van der Waals surface area contributed by atoms with Gasteiger partial charge in [-0.05, 0) is 62.1 Å². The van der Waals surface area contributed by atoms with Crippen molar-refractivity contribution in [2.45, 2.75) is 37.8 Å². The van der Waals surface area contributed by atoms with Gasteiger partial charge in [0.2, 0.25) is 21.8 Å². The van der Waals surface area contributed by atoms with Crippen molar-refractivity contribution in [3.8, 4) is 0 Å². The number of carbonyl (C=O) groups excluding carboxylic acids is 3. The average molecular weight is 618 g/mol. The predicted octanol–water partition coefficient (Wildman–Crippen LogP) is 3.50. The Morgan fingerprint density at radius 2 is 1.90 bits per heavy atom. The van der Waals surface area contributed by atoms with E-state index in [1.807, 2.05) is 0 Å². The summed E-state index contributed by atoms with van der Waals surface area (Å²) >= 11 is 12.9. The van der Waals surface area contributed by atoms with E-state index in [0.717, 1.165) is 17.9 Å². The molecular weight excluding hydrogens is 590 g/mol. The standard InChI is InChI=1S/C25H27Cl2FN4O5S2/c26-19-13-16(5-7-20(19)28)24(34)29-14-17-3-1-11-32(17)23(33)15-31-10-2-4-21(25(31)35)30-39(36,37)12-9-18-6-8-22(27)38-18/h5-9,12-13,17,21,30H,1-4,10-11,14-15H2,(H,29,34)/b12-9+/t17-,21+/m1/s1. The summed E-state index contributed by atoms with van der Waals surface area (Å²) in [4.78, 5) is 42.3. The van der Waals surface area contributed by atoms with Crippen LogP contribution in [0.3, 0.4) is 0 Å². The van der Waals surface area contributed by atoms with Crippen LogP contribution in [0.25, 0.3) is 6.08 Å². The molecule has 0 radical (unpaired) electrons. The van der Waals surface area contributed by atoms with Gasteiger partial charge in [0.25, 0.3) is 5.91 Å². The van der Waals surface area contributed by atoms with Crippen LogP contribution in [0.2, 0.25) is 9.36 Å². The van der Waals surface area contributed by atoms with Crippen molar-refractivity contribution in [1.82, 2.24) is 19.8 Å². The van der Waals surface area contributed by atoms with Crippen LogP contribution in [0, 0.1) is 5.82 Å². The number of sulfonamides is 1. The largest absolute Gasteiger partial charge is 0.350 e. The number of nitrogens with zero attached hydrogens (tertiary/aromatic N) is 2. The number of rotatable bonds is 9. The van der Waals surface area contributed by atoms with E-state index in [1.165, 1.54) is 34.4 Å². The van der Waals surface area contributed by atoms with E-state index in [0.29, 0.717) is 41.6 Å². The summed E-state index contributed by atoms with van der Waals surface area (Å²) in [7, 11) is -3.90. The van der Waals surface area contributed by atoms with Crippen LogP contribution in [0.5, 0.6) is 0 Å². The second-order valence-electron chi connectivity index (χ2n) is 9.28. The maximum absolute atomic E-state index is 13.4. The molecule has 2 fully saturated rings. The van der Waals surface area contributed by atoms with Gasteiger partial charge in [-0.25, -0.2) is 12.8 Å². The molecule has 3 amide bonds. The van der Waals surface area contributed by atoms with E-state index in [-0.39, 0.29) is 35.6 Å². The van der Waals surface area contributed by atoms with Crippen LogP contribution >= 0.6 is 34.5 Å². The molecule has 0 bridgehead atoms. The first kappa shape index (κ1) is 29.5. The topological polar surface area (TPSA) is 116 Å². The second kappa shape index (κ2) is 12.8. The van der Waals surface area contributed by atoms with Crippen molar-refractivity contribution < 1.29 is 27.2 Å². The third kappa shape index (κ3) is 7.79. The molecular formula is C25H27Cl2FN4O5S2. The molecule has 0 aliphatic carbocycles. The molecule has 39 heavy (non-hydrogen) atoms. The molecule has 0 saturated carbocycles. The highest BCUT2D eigenvalue weighted by Crippen LogP contribution is 2.23. The Morgan fingerprint density at radius 1 is 1.13 bits per heavy atom. The highest BCUT2D eigenvalue weighted by Gasteiger charge is 2.35. The highest BCUT2D eigenvalue weighted by atomic mass is 35.5. The van der Waals surface area contributed by atoms with Crippen LogP contribution in [-0.2, 0) is 19.6 Å². The van der Waals surface area contributed by atoms with E-state index in [4.69, 9.17) is 23.2 Å². The average Bonchev–Trinajstić information content (AvgIpc) is 3.54. The fourth-order valence-corrected chi connectivity index (χ4v) is 6.85. The molecule has 1 aromatic carbocycles. The molecule has 2 saturated heterocycles. The normalized spacial score (nSPS) is 20.1. The van der Waals surface area contributed by atoms with Crippen molar-refractivity contribution in [1.29, 1.82) is 0 Å². The SMILES string of the molecule is O=C(NC[C@H]1CCCN1C(=O)CN1CCC[C@H](NS(=O)(=O)/C=C/c2ccc(Cl)s2)C1=O)c1ccc(F)c(Cl)c1. The Morgan fingerprint density at radius 3 is 2.62 bits per heavy atom. The quantitative estimate of drug-likeness (QED) is 0.447. The number of piperidine rings is 1. The van der Waals surface area contributed by atoms with Crippen LogP contribution in [-0.4, -0.2) is 74.2 Å². The summed E-state index contributed by atoms with van der Waals surface area (Å²) in [6.45, 7) is 0.834. The number of nitrogens with one attached hydrogen (secondary N) is 2. The Bertz CT molecular complexity index is 1380. The second-order valence-corrected chi connectivity index (χ2v) is 13.0. The van der Waals surface area contributed by atoms with E-state index in [2.05, 4.69) is 10.0 Å². The van der Waals surface area contributed by atoms with Gasteiger partial charge in [-0.1, -0.05) is 23.2 Å². The van der Waals surface area contributed by atoms with Crippen LogP contribution in [0.4, 0.5) is 4.39 Å². The number of halogens is 3. The first-order chi connectivity index (χ1) is 18.5. The van der Waals surface area contributed by atoms with Gasteiger partial charge in [0.15, 0.2) is 0 Å². The minimum absolute atomic E-state index is 0.157. The lowest BCUT2D eigenvalue weighted by Crippen LogP contribution is -2.55. The zero-order chi connectivity index (χ0) is 28.2. The number of thiophene rings is 1. The minimum atomic E-state index is -3.90. The van der Waals surface area contributed by atoms with E-state index in [1.54, 1.807) is 17.0 Å². The molecule has 3 heterocycles. The summed E-state index contributed by atoms with van der Waals surface area (Å²) in [5.41, 5.74) is 0.207. The molecule has 2 N–H and O–H groups in total. The molecule has 2 aliphatic heterocycles. The van der Waals surface area contributed by atoms with Gasteiger partial charge in [-0.3, -0.25) is 14.4 Å². The Kier molecular flexibility index (Phi) is 9.65. The number of likely N-dealkylation sites (tertiary alicyclic amines) is 2. The molecule has 4 rings (SSSR count). The molecule has 0 unspecified atom stereocenters. The summed E-state index contributed by atoms with van der Waals surface area (Å²) in [6, 6.07) is 5.80. The molecule has 14 heteroatoms. The molecule has 210 valence electrons. The van der Waals surface area contributed by atoms with E-state index < -0.39 is 33.7 Å². The summed E-state index contributed by atoms with van der Waals surface area (Å²) in [5.74, 6) is -1.79. The molecule has 2 atom stereocenters. The number of amides is 3. The van der Waals surface area contributed by atoms with Crippen molar-refractivity contribution in [3.63, 3.8) is 0 Å². The Hall–Kier alpha value is -2.51. The predicted molar refractivity (Wildman–Crippen MR) is 148 cm³/mol. The molecule has 9 nitrogen and oxygen atoms in total. The first-order valence-corrected chi connectivity index (χ1v) is 15.4. The van der Waals surface area contributed by atoms with Crippen LogP contribution in [0.1, 0.15) is 40.9 Å². The number of benzene rings is 1. The summed E-state index contributed by atoms with van der Waals surface area (Å²) < 4.78 is 41.4. The van der Waals surface area contributed by atoms with Gasteiger partial charge >= 0.3 is 0 Å². The molecule has 2 aliphatic rings. The van der Waals surface area contributed by atoms with Crippen molar-refractivity contribution in [2.24, 2.45) is 0 Å². The lowest BCUT2D eigenvalue weighted by atomic mass is 10.1. The Labute approximate surface area is 240 Å². The number of carbonyl (C=O) groups is 3. The zero-order valence-electron chi connectivity index (χ0n) is 20.7. The van der Waals surface area contributed by atoms with Gasteiger partial charge in [0.05, 0.1) is 15.9 Å². The molecule has 2 aromatic rings. The highest BCUT2D eigenvalue weighted by molar-refractivity contribution is 7.92. The van der Waals surface area contributed by atoms with Gasteiger partial charge in [0, 0.05) is 41.5 Å². The fourth-order valence-electron chi connectivity index (χ4n) is 4.60. The lowest BCUT2D eigenvalue weighted by molar-refractivity contribution is -0.143. The third-order valence-corrected chi connectivity index (χ3v) is 9.14. The van der Waals surface area contributed by atoms with Crippen molar-refractivity contribution in [3.05, 3.63) is 61.4 Å². The monoisotopic (exact) mass is 616 g/mol. The van der Waals surface area contributed by atoms with Gasteiger partial charge in [0.1, 0.15) is 11.9 Å². The fraction of sp³-hybridized carbons (Fsp3) is 0.400. The van der Waals surface area contributed by atoms with Gasteiger partial charge in [-0.2, -0.15) is 4.72 Å². The van der Waals surface area contributed by atoms with Crippen molar-refractivity contribution in [2.75, 3.05) is 26.2 Å². The van der Waals surface area contributed by atoms with E-state index in [9.17, 15) is 27.2 Å². The molecule has 1 aromatic heterocycles. The smallest absolute Gasteiger partial charge is 0.251 e. The maximum Gasteiger partial charge on any atom is 0.251 e. The van der Waals surface area contributed by atoms with Crippen LogP contribution < -0.4 is 10.0 Å². The van der Waals surface area contributed by atoms with Crippen LogP contribution in [0.15, 0.2) is 35.7 Å². The maximum atomic E-state index is 13.4. The first-order valence-electron chi connectivity index (χ1n) is 12.3. The Balaban J connectivity index is 1.31. The van der Waals surface area contributed by atoms with Gasteiger partial charge in [-0.15, -0.1) is 11.3 Å². The minimum Gasteiger partial charge on any atom is -0.350 e. The molecule has 0 spiro atoms. The van der Waals surface area contributed by atoms with E-state index >= 15 is 0 Å². The van der Waals surface area contributed by atoms with Crippen molar-refractivity contribution >= 4 is 68.4 Å². The summed E-state index contributed by atoms with van der Waals surface area (Å²) in [6.07, 6.45) is 3.69.